The molecule has 0 bridgehead atoms. The highest BCUT2D eigenvalue weighted by Crippen LogP contribution is 2.27. The van der Waals surface area contributed by atoms with Crippen molar-refractivity contribution in [2.45, 2.75) is 39.0 Å². The molecule has 2 N–H and O–H groups in total. The number of hydrogen-bond acceptors (Lipinski definition) is 6. The lowest BCUT2D eigenvalue weighted by atomic mass is 9.99. The first kappa shape index (κ1) is 28.8. The van der Waals surface area contributed by atoms with Crippen molar-refractivity contribution in [2.75, 3.05) is 26.7 Å². The smallest absolute Gasteiger partial charge is 0.335 e. The number of aromatic nitrogens is 1. The van der Waals surface area contributed by atoms with Gasteiger partial charge in [-0.05, 0) is 43.3 Å². The van der Waals surface area contributed by atoms with E-state index in [9.17, 15) is 19.8 Å². The number of nitrogens with zero attached hydrogens (tertiary/aromatic N) is 3. The van der Waals surface area contributed by atoms with Gasteiger partial charge in [-0.2, -0.15) is 0 Å². The molecule has 0 saturated heterocycles. The number of carboxylic acid groups (broad SMARTS) is 1. The molecule has 0 fully saturated rings. The SMILES string of the molecule is C[C@H]1CN([C@@H](C)CO)C(=O)c2cc(C#CCc3ccccc3)cnc2O[C@@H]1CN(C)Cc1cccc(C(=O)O)c1. The van der Waals surface area contributed by atoms with Crippen LogP contribution in [0.3, 0.4) is 0 Å². The average molecular weight is 542 g/mol. The van der Waals surface area contributed by atoms with Gasteiger partial charge in [-0.1, -0.05) is 61.2 Å². The molecular formula is C32H35N3O5. The topological polar surface area (TPSA) is 103 Å². The monoisotopic (exact) mass is 541 g/mol. The number of aliphatic hydroxyl groups excluding tert-OH is 1. The summed E-state index contributed by atoms with van der Waals surface area (Å²) in [6.45, 7) is 5.12. The third-order valence-corrected chi connectivity index (χ3v) is 7.01. The standard InChI is InChI=1S/C32H35N3O5/c1-22-18-35(23(2)21-36)31(37)28-16-25(12-7-11-24-9-5-4-6-10-24)17-33-30(28)40-29(22)20-34(3)19-26-13-8-14-27(15-26)32(38)39/h4-6,8-10,13-17,22-23,29,36H,11,18-21H2,1-3H3,(H,38,39)/t22-,23-,29+/m0/s1. The fourth-order valence-corrected chi connectivity index (χ4v) is 4.72. The van der Waals surface area contributed by atoms with Crippen LogP contribution in [-0.4, -0.2) is 75.8 Å². The van der Waals surface area contributed by atoms with Gasteiger partial charge in [-0.25, -0.2) is 9.78 Å². The van der Waals surface area contributed by atoms with Crippen LogP contribution in [-0.2, 0) is 13.0 Å². The summed E-state index contributed by atoms with van der Waals surface area (Å²) < 4.78 is 6.38. The first-order valence-corrected chi connectivity index (χ1v) is 13.4. The maximum Gasteiger partial charge on any atom is 0.335 e. The second kappa shape index (κ2) is 13.2. The van der Waals surface area contributed by atoms with Crippen LogP contribution in [0.5, 0.6) is 5.88 Å². The third-order valence-electron chi connectivity index (χ3n) is 7.01. The Morgan fingerprint density at radius 3 is 2.65 bits per heavy atom. The van der Waals surface area contributed by atoms with Crippen LogP contribution in [0.15, 0.2) is 66.9 Å². The molecule has 0 spiro atoms. The van der Waals surface area contributed by atoms with E-state index in [1.165, 1.54) is 0 Å². The maximum atomic E-state index is 13.6. The van der Waals surface area contributed by atoms with Crippen LogP contribution >= 0.6 is 0 Å². The summed E-state index contributed by atoms with van der Waals surface area (Å²) in [5, 5.41) is 19.2. The Hall–Kier alpha value is -4.19. The highest BCUT2D eigenvalue weighted by Gasteiger charge is 2.34. The Morgan fingerprint density at radius 2 is 1.93 bits per heavy atom. The summed E-state index contributed by atoms with van der Waals surface area (Å²) in [5.74, 6) is 5.23. The van der Waals surface area contributed by atoms with Gasteiger partial charge in [-0.3, -0.25) is 9.69 Å². The van der Waals surface area contributed by atoms with E-state index in [2.05, 4.69) is 21.7 Å². The fraction of sp³-hybridized carbons (Fsp3) is 0.344. The molecule has 8 nitrogen and oxygen atoms in total. The number of pyridine rings is 1. The number of benzene rings is 2. The van der Waals surface area contributed by atoms with Crippen molar-refractivity contribution in [3.05, 3.63) is 94.7 Å². The van der Waals surface area contributed by atoms with Crippen LogP contribution in [0.25, 0.3) is 0 Å². The van der Waals surface area contributed by atoms with Gasteiger partial charge in [0.15, 0.2) is 0 Å². The van der Waals surface area contributed by atoms with E-state index in [4.69, 9.17) is 4.74 Å². The van der Waals surface area contributed by atoms with E-state index in [0.29, 0.717) is 37.2 Å². The van der Waals surface area contributed by atoms with Crippen molar-refractivity contribution in [3.63, 3.8) is 0 Å². The maximum absolute atomic E-state index is 13.6. The van der Waals surface area contributed by atoms with Gasteiger partial charge in [0, 0.05) is 43.7 Å². The number of aromatic carboxylic acids is 1. The lowest BCUT2D eigenvalue weighted by Crippen LogP contribution is -2.49. The molecule has 3 aromatic rings. The van der Waals surface area contributed by atoms with Crippen molar-refractivity contribution in [1.29, 1.82) is 0 Å². The van der Waals surface area contributed by atoms with E-state index < -0.39 is 5.97 Å². The molecule has 0 aliphatic carbocycles. The van der Waals surface area contributed by atoms with Crippen LogP contribution < -0.4 is 4.74 Å². The molecule has 1 aliphatic rings. The first-order valence-electron chi connectivity index (χ1n) is 13.4. The lowest BCUT2D eigenvalue weighted by molar-refractivity contribution is 0.0324. The molecule has 4 rings (SSSR count). The number of hydrogen-bond donors (Lipinski definition) is 2. The Bertz CT molecular complexity index is 1400. The van der Waals surface area contributed by atoms with Crippen molar-refractivity contribution in [2.24, 2.45) is 5.92 Å². The van der Waals surface area contributed by atoms with Crippen LogP contribution in [0.1, 0.15) is 51.3 Å². The van der Waals surface area contributed by atoms with E-state index in [0.717, 1.165) is 11.1 Å². The molecule has 0 radical (unpaired) electrons. The molecule has 2 heterocycles. The number of carboxylic acids is 1. The number of ether oxygens (including phenoxy) is 1. The Morgan fingerprint density at radius 1 is 1.18 bits per heavy atom. The quantitative estimate of drug-likeness (QED) is 0.419. The zero-order chi connectivity index (χ0) is 28.6. The molecule has 1 aromatic heterocycles. The Kier molecular flexibility index (Phi) is 9.54. The summed E-state index contributed by atoms with van der Waals surface area (Å²) in [7, 11) is 1.95. The van der Waals surface area contributed by atoms with E-state index in [1.807, 2.05) is 57.3 Å². The van der Waals surface area contributed by atoms with Crippen molar-refractivity contribution in [3.8, 4) is 17.7 Å². The number of rotatable bonds is 8. The molecule has 8 heteroatoms. The summed E-state index contributed by atoms with van der Waals surface area (Å²) in [6, 6.07) is 18.1. The molecular weight excluding hydrogens is 506 g/mol. The van der Waals surface area contributed by atoms with E-state index in [1.54, 1.807) is 35.4 Å². The molecule has 2 aromatic carbocycles. The Labute approximate surface area is 235 Å². The number of fused-ring (bicyclic) bond motifs is 1. The zero-order valence-corrected chi connectivity index (χ0v) is 23.1. The van der Waals surface area contributed by atoms with E-state index >= 15 is 0 Å². The average Bonchev–Trinajstić information content (AvgIpc) is 2.95. The third kappa shape index (κ3) is 7.26. The second-order valence-electron chi connectivity index (χ2n) is 10.4. The van der Waals surface area contributed by atoms with Crippen LogP contribution in [0.2, 0.25) is 0 Å². The summed E-state index contributed by atoms with van der Waals surface area (Å²) in [4.78, 5) is 33.2. The Balaban J connectivity index is 1.58. The molecule has 40 heavy (non-hydrogen) atoms. The number of aliphatic hydroxyl groups is 1. The van der Waals surface area contributed by atoms with Gasteiger partial charge >= 0.3 is 5.97 Å². The van der Waals surface area contributed by atoms with Gasteiger partial charge in [0.05, 0.1) is 18.2 Å². The molecule has 208 valence electrons. The molecule has 3 atom stereocenters. The van der Waals surface area contributed by atoms with Gasteiger partial charge in [0.25, 0.3) is 5.91 Å². The van der Waals surface area contributed by atoms with Crippen molar-refractivity contribution < 1.29 is 24.5 Å². The largest absolute Gasteiger partial charge is 0.478 e. The first-order chi connectivity index (χ1) is 19.2. The predicted octanol–water partition coefficient (Wildman–Crippen LogP) is 3.73. The molecule has 1 aliphatic heterocycles. The summed E-state index contributed by atoms with van der Waals surface area (Å²) in [5.41, 5.74) is 3.16. The predicted molar refractivity (Wildman–Crippen MR) is 152 cm³/mol. The van der Waals surface area contributed by atoms with Gasteiger partial charge in [-0.15, -0.1) is 0 Å². The van der Waals surface area contributed by atoms with Crippen molar-refractivity contribution >= 4 is 11.9 Å². The number of carbonyl (C=O) groups is 2. The van der Waals surface area contributed by atoms with E-state index in [-0.39, 0.29) is 42.0 Å². The minimum atomic E-state index is -0.962. The molecule has 0 saturated carbocycles. The minimum Gasteiger partial charge on any atom is -0.478 e. The molecule has 1 amide bonds. The lowest BCUT2D eigenvalue weighted by Gasteiger charge is -2.37. The highest BCUT2D eigenvalue weighted by atomic mass is 16.5. The number of likely N-dealkylation sites (N-methyl/N-ethyl adjacent to an activating group) is 1. The van der Waals surface area contributed by atoms with Crippen molar-refractivity contribution in [1.82, 2.24) is 14.8 Å². The van der Waals surface area contributed by atoms with Crippen LogP contribution in [0.4, 0.5) is 0 Å². The van der Waals surface area contributed by atoms with Gasteiger partial charge in [0.2, 0.25) is 5.88 Å². The second-order valence-corrected chi connectivity index (χ2v) is 10.4. The number of carbonyl (C=O) groups excluding carboxylic acids is 1. The zero-order valence-electron chi connectivity index (χ0n) is 23.1. The highest BCUT2D eigenvalue weighted by molar-refractivity contribution is 5.97. The number of amides is 1. The van der Waals surface area contributed by atoms with Gasteiger partial charge < -0.3 is 19.8 Å². The molecule has 0 unspecified atom stereocenters. The normalized spacial score (nSPS) is 17.6. The summed E-state index contributed by atoms with van der Waals surface area (Å²) >= 11 is 0. The summed E-state index contributed by atoms with van der Waals surface area (Å²) in [6.07, 6.45) is 1.89. The van der Waals surface area contributed by atoms with Crippen LogP contribution in [0, 0.1) is 17.8 Å². The van der Waals surface area contributed by atoms with Gasteiger partial charge in [0.1, 0.15) is 11.7 Å². The minimum absolute atomic E-state index is 0.0638. The fourth-order valence-electron chi connectivity index (χ4n) is 4.72.